The summed E-state index contributed by atoms with van der Waals surface area (Å²) >= 11 is 1.14. The highest BCUT2D eigenvalue weighted by atomic mass is 32.2. The van der Waals surface area contributed by atoms with Crippen molar-refractivity contribution >= 4 is 33.0 Å². The summed E-state index contributed by atoms with van der Waals surface area (Å²) in [5.74, 6) is -1.06. The number of halogens is 1. The summed E-state index contributed by atoms with van der Waals surface area (Å²) < 4.78 is 41.2. The van der Waals surface area contributed by atoms with Crippen molar-refractivity contribution in [2.45, 2.75) is 43.4 Å². The van der Waals surface area contributed by atoms with Gasteiger partial charge in [0.2, 0.25) is 15.0 Å². The zero-order valence-corrected chi connectivity index (χ0v) is 19.8. The van der Waals surface area contributed by atoms with E-state index in [2.05, 4.69) is 22.4 Å². The van der Waals surface area contributed by atoms with Crippen molar-refractivity contribution in [3.05, 3.63) is 69.9 Å². The van der Waals surface area contributed by atoms with Crippen molar-refractivity contribution in [3.63, 3.8) is 0 Å². The number of aromatic nitrogens is 2. The van der Waals surface area contributed by atoms with Crippen LogP contribution < -0.4 is 5.32 Å². The third-order valence-electron chi connectivity index (χ3n) is 5.55. The quantitative estimate of drug-likeness (QED) is 0.530. The molecule has 0 saturated carbocycles. The van der Waals surface area contributed by atoms with Crippen LogP contribution in [0.5, 0.6) is 0 Å². The van der Waals surface area contributed by atoms with E-state index in [1.807, 2.05) is 12.1 Å². The topological polar surface area (TPSA) is 92.3 Å². The Kier molecular flexibility index (Phi) is 7.16. The lowest BCUT2D eigenvalue weighted by Crippen LogP contribution is -2.39. The summed E-state index contributed by atoms with van der Waals surface area (Å²) in [4.78, 5) is 12.8. The summed E-state index contributed by atoms with van der Waals surface area (Å²) in [6.45, 7) is 2.82. The minimum absolute atomic E-state index is 0.138. The SMILES string of the molecule is CCCc1ccc(S(=O)(=O)N2CCC[C@@H](c3nnc(C(=O)Nc4cccc(F)c4)s3)C2)cc1. The first-order valence-electron chi connectivity index (χ1n) is 10.9. The van der Waals surface area contributed by atoms with Crippen molar-refractivity contribution < 1.29 is 17.6 Å². The van der Waals surface area contributed by atoms with Gasteiger partial charge >= 0.3 is 0 Å². The van der Waals surface area contributed by atoms with Gasteiger partial charge in [0.25, 0.3) is 5.91 Å². The zero-order chi connectivity index (χ0) is 23.4. The smallest absolute Gasteiger partial charge is 0.286 e. The van der Waals surface area contributed by atoms with Gasteiger partial charge in [-0.3, -0.25) is 4.79 Å². The summed E-state index contributed by atoms with van der Waals surface area (Å²) in [6, 6.07) is 12.7. The number of hydrogen-bond donors (Lipinski definition) is 1. The second kappa shape index (κ2) is 10.1. The second-order valence-corrected chi connectivity index (χ2v) is 11.0. The van der Waals surface area contributed by atoms with E-state index in [1.165, 1.54) is 22.5 Å². The lowest BCUT2D eigenvalue weighted by Gasteiger charge is -2.30. The molecule has 1 atom stereocenters. The minimum Gasteiger partial charge on any atom is -0.320 e. The van der Waals surface area contributed by atoms with E-state index >= 15 is 0 Å². The molecule has 1 amide bonds. The van der Waals surface area contributed by atoms with Gasteiger partial charge in [0, 0.05) is 24.7 Å². The number of piperidine rings is 1. The van der Waals surface area contributed by atoms with Gasteiger partial charge in [-0.1, -0.05) is 42.9 Å². The Balaban J connectivity index is 1.45. The van der Waals surface area contributed by atoms with Crippen molar-refractivity contribution in [3.8, 4) is 0 Å². The highest BCUT2D eigenvalue weighted by molar-refractivity contribution is 7.89. The molecule has 7 nitrogen and oxygen atoms in total. The highest BCUT2D eigenvalue weighted by Crippen LogP contribution is 2.32. The standard InChI is InChI=1S/C23H25FN4O3S2/c1-2-5-16-9-11-20(12-10-16)33(30,31)28-13-4-6-17(15-28)22-26-27-23(32-22)21(29)25-19-8-3-7-18(24)14-19/h3,7-12,14,17H,2,4-6,13,15H2,1H3,(H,25,29)/t17-/m1/s1. The number of benzene rings is 2. The van der Waals surface area contributed by atoms with Crippen LogP contribution in [0.2, 0.25) is 0 Å². The molecule has 33 heavy (non-hydrogen) atoms. The van der Waals surface area contributed by atoms with Crippen LogP contribution in [0.1, 0.15) is 52.5 Å². The van der Waals surface area contributed by atoms with E-state index in [4.69, 9.17) is 0 Å². The fourth-order valence-electron chi connectivity index (χ4n) is 3.87. The van der Waals surface area contributed by atoms with Crippen LogP contribution in [0, 0.1) is 5.82 Å². The van der Waals surface area contributed by atoms with Crippen molar-refractivity contribution in [1.29, 1.82) is 0 Å². The van der Waals surface area contributed by atoms with Gasteiger partial charge in [0.1, 0.15) is 10.8 Å². The van der Waals surface area contributed by atoms with Crippen LogP contribution in [0.25, 0.3) is 0 Å². The van der Waals surface area contributed by atoms with E-state index in [0.29, 0.717) is 30.2 Å². The summed E-state index contributed by atoms with van der Waals surface area (Å²) in [7, 11) is -3.61. The van der Waals surface area contributed by atoms with Crippen molar-refractivity contribution in [1.82, 2.24) is 14.5 Å². The first-order valence-corrected chi connectivity index (χ1v) is 13.1. The van der Waals surface area contributed by atoms with Crippen LogP contribution in [-0.2, 0) is 16.4 Å². The van der Waals surface area contributed by atoms with E-state index in [-0.39, 0.29) is 15.8 Å². The molecule has 2 aromatic carbocycles. The lowest BCUT2D eigenvalue weighted by molar-refractivity contribution is 0.102. The van der Waals surface area contributed by atoms with E-state index in [1.54, 1.807) is 18.2 Å². The molecule has 0 spiro atoms. The Labute approximate surface area is 196 Å². The van der Waals surface area contributed by atoms with Gasteiger partial charge in [-0.2, -0.15) is 4.31 Å². The number of aryl methyl sites for hydroxylation is 1. The molecule has 0 radical (unpaired) electrons. The van der Waals surface area contributed by atoms with Gasteiger partial charge in [-0.05, 0) is 55.2 Å². The van der Waals surface area contributed by atoms with E-state index in [9.17, 15) is 17.6 Å². The molecule has 1 fully saturated rings. The molecule has 10 heteroatoms. The van der Waals surface area contributed by atoms with Crippen LogP contribution in [-0.4, -0.2) is 41.9 Å². The second-order valence-electron chi connectivity index (χ2n) is 8.01. The zero-order valence-electron chi connectivity index (χ0n) is 18.2. The van der Waals surface area contributed by atoms with Crippen LogP contribution in [0.15, 0.2) is 53.4 Å². The molecular formula is C23H25FN4O3S2. The molecule has 4 rings (SSSR count). The summed E-state index contributed by atoms with van der Waals surface area (Å²) in [6.07, 6.45) is 3.38. The number of anilines is 1. The van der Waals surface area contributed by atoms with Gasteiger partial charge in [0.15, 0.2) is 0 Å². The van der Waals surface area contributed by atoms with Crippen LogP contribution >= 0.6 is 11.3 Å². The van der Waals surface area contributed by atoms with E-state index < -0.39 is 21.7 Å². The molecule has 0 unspecified atom stereocenters. The Bertz CT molecular complexity index is 1230. The molecule has 0 aliphatic carbocycles. The predicted octanol–water partition coefficient (Wildman–Crippen LogP) is 4.45. The molecule has 1 N–H and O–H groups in total. The number of carbonyl (C=O) groups excluding carboxylic acids is 1. The molecule has 1 saturated heterocycles. The molecule has 2 heterocycles. The fourth-order valence-corrected chi connectivity index (χ4v) is 6.26. The number of sulfonamides is 1. The Morgan fingerprint density at radius 2 is 2.00 bits per heavy atom. The Morgan fingerprint density at radius 3 is 2.73 bits per heavy atom. The molecular weight excluding hydrogens is 463 g/mol. The molecule has 1 aliphatic heterocycles. The van der Waals surface area contributed by atoms with Gasteiger partial charge in [-0.25, -0.2) is 12.8 Å². The first-order chi connectivity index (χ1) is 15.9. The van der Waals surface area contributed by atoms with Gasteiger partial charge < -0.3 is 5.32 Å². The normalized spacial score (nSPS) is 17.1. The van der Waals surface area contributed by atoms with E-state index in [0.717, 1.165) is 36.2 Å². The third-order valence-corrected chi connectivity index (χ3v) is 8.51. The summed E-state index contributed by atoms with van der Waals surface area (Å²) in [5.41, 5.74) is 1.45. The largest absolute Gasteiger partial charge is 0.320 e. The Hall–Kier alpha value is -2.69. The summed E-state index contributed by atoms with van der Waals surface area (Å²) in [5, 5.41) is 11.5. The maximum Gasteiger partial charge on any atom is 0.286 e. The molecule has 1 aliphatic rings. The Morgan fingerprint density at radius 1 is 1.21 bits per heavy atom. The number of hydrogen-bond acceptors (Lipinski definition) is 6. The van der Waals surface area contributed by atoms with Crippen LogP contribution in [0.3, 0.4) is 0 Å². The molecule has 3 aromatic rings. The number of amides is 1. The lowest BCUT2D eigenvalue weighted by atomic mass is 10.0. The van der Waals surface area contributed by atoms with Crippen LogP contribution in [0.4, 0.5) is 10.1 Å². The fraction of sp³-hybridized carbons (Fsp3) is 0.348. The highest BCUT2D eigenvalue weighted by Gasteiger charge is 2.32. The average molecular weight is 489 g/mol. The van der Waals surface area contributed by atoms with Gasteiger partial charge in [-0.15, -0.1) is 10.2 Å². The minimum atomic E-state index is -3.61. The molecule has 0 bridgehead atoms. The number of nitrogens with one attached hydrogen (secondary N) is 1. The first kappa shape index (κ1) is 23.5. The number of carbonyl (C=O) groups is 1. The maximum absolute atomic E-state index is 13.3. The van der Waals surface area contributed by atoms with Crippen molar-refractivity contribution in [2.75, 3.05) is 18.4 Å². The maximum atomic E-state index is 13.3. The van der Waals surface area contributed by atoms with Gasteiger partial charge in [0.05, 0.1) is 4.90 Å². The molecule has 174 valence electrons. The third kappa shape index (κ3) is 5.45. The molecule has 1 aromatic heterocycles. The average Bonchev–Trinajstić information content (AvgIpc) is 3.30. The monoisotopic (exact) mass is 488 g/mol. The number of nitrogens with zero attached hydrogens (tertiary/aromatic N) is 3. The predicted molar refractivity (Wildman–Crippen MR) is 125 cm³/mol. The van der Waals surface area contributed by atoms with Crippen molar-refractivity contribution in [2.24, 2.45) is 0 Å². The number of rotatable bonds is 7.